The lowest BCUT2D eigenvalue weighted by Gasteiger charge is -2.18. The van der Waals surface area contributed by atoms with Gasteiger partial charge in [-0.3, -0.25) is 4.79 Å². The summed E-state index contributed by atoms with van der Waals surface area (Å²) in [5.74, 6) is -0.237. The van der Waals surface area contributed by atoms with Crippen molar-refractivity contribution in [2.75, 3.05) is 19.5 Å². The second kappa shape index (κ2) is 10.1. The Morgan fingerprint density at radius 3 is 2.31 bits per heavy atom. The van der Waals surface area contributed by atoms with Crippen LogP contribution in [0.5, 0.6) is 11.5 Å². The van der Waals surface area contributed by atoms with Gasteiger partial charge >= 0.3 is 11.9 Å². The van der Waals surface area contributed by atoms with E-state index in [1.807, 2.05) is 32.0 Å². The molecule has 1 N–H and O–H groups in total. The van der Waals surface area contributed by atoms with Gasteiger partial charge in [0.25, 0.3) is 5.91 Å². The standard InChI is InChI=1S/C28H27NO7/c1-28(2)15-20-6-5-7-23(24(20)36-28)35-16-17-8-10-18(11-9-17)25(30)29-22-14-19(26(31)33-3)12-13-21(22)27(32)34-4/h5-14H,15-16H2,1-4H3,(H,29,30). The van der Waals surface area contributed by atoms with Crippen molar-refractivity contribution in [2.45, 2.75) is 32.5 Å². The Morgan fingerprint density at radius 1 is 0.917 bits per heavy atom. The summed E-state index contributed by atoms with van der Waals surface area (Å²) < 4.78 is 21.6. The van der Waals surface area contributed by atoms with E-state index < -0.39 is 17.8 Å². The molecule has 0 aliphatic carbocycles. The van der Waals surface area contributed by atoms with Gasteiger partial charge in [0.1, 0.15) is 12.2 Å². The number of ether oxygens (including phenoxy) is 4. The van der Waals surface area contributed by atoms with Gasteiger partial charge in [-0.05, 0) is 55.8 Å². The Balaban J connectivity index is 1.46. The average molecular weight is 490 g/mol. The van der Waals surface area contributed by atoms with Crippen LogP contribution in [0.1, 0.15) is 56.0 Å². The maximum atomic E-state index is 12.9. The molecule has 0 aromatic heterocycles. The van der Waals surface area contributed by atoms with Gasteiger partial charge in [0.05, 0.1) is 31.0 Å². The Labute approximate surface area is 209 Å². The normalized spacial score (nSPS) is 13.2. The molecule has 3 aromatic carbocycles. The minimum atomic E-state index is -0.644. The summed E-state index contributed by atoms with van der Waals surface area (Å²) in [6.45, 7) is 4.39. The molecule has 4 rings (SSSR count). The molecule has 0 unspecified atom stereocenters. The first kappa shape index (κ1) is 24.8. The first-order chi connectivity index (χ1) is 17.2. The number of para-hydroxylation sites is 1. The van der Waals surface area contributed by atoms with Gasteiger partial charge in [0.15, 0.2) is 11.5 Å². The summed E-state index contributed by atoms with van der Waals surface area (Å²) in [4.78, 5) is 36.9. The molecule has 3 aromatic rings. The number of rotatable bonds is 7. The van der Waals surface area contributed by atoms with Crippen LogP contribution in [-0.4, -0.2) is 37.7 Å². The highest BCUT2D eigenvalue weighted by Crippen LogP contribution is 2.42. The van der Waals surface area contributed by atoms with Crippen molar-refractivity contribution in [3.8, 4) is 11.5 Å². The number of esters is 2. The highest BCUT2D eigenvalue weighted by molar-refractivity contribution is 6.09. The number of hydrogen-bond donors (Lipinski definition) is 1. The van der Waals surface area contributed by atoms with Crippen LogP contribution in [0.3, 0.4) is 0 Å². The fourth-order valence-corrected chi connectivity index (χ4v) is 3.99. The maximum Gasteiger partial charge on any atom is 0.339 e. The molecular weight excluding hydrogens is 462 g/mol. The molecule has 0 radical (unpaired) electrons. The van der Waals surface area contributed by atoms with E-state index >= 15 is 0 Å². The predicted molar refractivity (Wildman–Crippen MR) is 133 cm³/mol. The molecule has 0 fully saturated rings. The van der Waals surface area contributed by atoms with Crippen molar-refractivity contribution >= 4 is 23.5 Å². The molecule has 0 atom stereocenters. The molecule has 0 bridgehead atoms. The van der Waals surface area contributed by atoms with Crippen LogP contribution in [0.15, 0.2) is 60.7 Å². The average Bonchev–Trinajstić information content (AvgIpc) is 3.21. The molecule has 0 saturated carbocycles. The predicted octanol–water partition coefficient (Wildman–Crippen LogP) is 4.80. The Kier molecular flexibility index (Phi) is 6.96. The summed E-state index contributed by atoms with van der Waals surface area (Å²) in [5, 5.41) is 2.68. The third-order valence-corrected chi connectivity index (χ3v) is 5.76. The van der Waals surface area contributed by atoms with Crippen molar-refractivity contribution in [1.29, 1.82) is 0 Å². The molecule has 186 valence electrons. The molecule has 36 heavy (non-hydrogen) atoms. The number of methoxy groups -OCH3 is 2. The SMILES string of the molecule is COC(=O)c1ccc(C(=O)OC)c(NC(=O)c2ccc(COc3cccc4c3OC(C)(C)C4)cc2)c1. The van der Waals surface area contributed by atoms with Crippen molar-refractivity contribution in [3.63, 3.8) is 0 Å². The minimum absolute atomic E-state index is 0.115. The second-order valence-corrected chi connectivity index (χ2v) is 8.97. The van der Waals surface area contributed by atoms with Gasteiger partial charge in [-0.15, -0.1) is 0 Å². The lowest BCUT2D eigenvalue weighted by atomic mass is 10.0. The fraction of sp³-hybridized carbons (Fsp3) is 0.250. The van der Waals surface area contributed by atoms with Crippen molar-refractivity contribution in [1.82, 2.24) is 0 Å². The second-order valence-electron chi connectivity index (χ2n) is 8.97. The zero-order valence-electron chi connectivity index (χ0n) is 20.5. The molecular formula is C28H27NO7. The Hall–Kier alpha value is -4.33. The highest BCUT2D eigenvalue weighted by atomic mass is 16.5. The molecule has 0 spiro atoms. The van der Waals surface area contributed by atoms with E-state index in [1.165, 1.54) is 32.4 Å². The number of hydrogen-bond acceptors (Lipinski definition) is 7. The van der Waals surface area contributed by atoms with Crippen LogP contribution in [0.25, 0.3) is 0 Å². The highest BCUT2D eigenvalue weighted by Gasteiger charge is 2.32. The van der Waals surface area contributed by atoms with E-state index in [0.29, 0.717) is 17.9 Å². The number of carbonyl (C=O) groups excluding carboxylic acids is 3. The first-order valence-electron chi connectivity index (χ1n) is 11.4. The van der Waals surface area contributed by atoms with E-state index in [4.69, 9.17) is 18.9 Å². The number of benzene rings is 3. The van der Waals surface area contributed by atoms with Gasteiger partial charge in [0, 0.05) is 17.5 Å². The van der Waals surface area contributed by atoms with Crippen LogP contribution in [0.4, 0.5) is 5.69 Å². The number of carbonyl (C=O) groups is 3. The third kappa shape index (κ3) is 5.33. The van der Waals surface area contributed by atoms with Gasteiger partial charge < -0.3 is 24.3 Å². The lowest BCUT2D eigenvalue weighted by molar-refractivity contribution is 0.0587. The number of anilines is 1. The van der Waals surface area contributed by atoms with Gasteiger partial charge in [-0.2, -0.15) is 0 Å². The Bertz CT molecular complexity index is 1310. The summed E-state index contributed by atoms with van der Waals surface area (Å²) in [5.41, 5.74) is 2.53. The quantitative estimate of drug-likeness (QED) is 0.476. The van der Waals surface area contributed by atoms with Gasteiger partial charge in [0.2, 0.25) is 0 Å². The summed E-state index contributed by atoms with van der Waals surface area (Å²) >= 11 is 0. The number of amides is 1. The summed E-state index contributed by atoms with van der Waals surface area (Å²) in [6, 6.07) is 17.0. The van der Waals surface area contributed by atoms with Crippen LogP contribution < -0.4 is 14.8 Å². The zero-order chi connectivity index (χ0) is 25.9. The van der Waals surface area contributed by atoms with E-state index in [0.717, 1.165) is 23.3 Å². The fourth-order valence-electron chi connectivity index (χ4n) is 3.99. The molecule has 1 amide bonds. The number of nitrogens with one attached hydrogen (secondary N) is 1. The largest absolute Gasteiger partial charge is 0.485 e. The molecule has 1 aliphatic heterocycles. The van der Waals surface area contributed by atoms with Crippen molar-refractivity contribution in [2.24, 2.45) is 0 Å². The molecule has 8 heteroatoms. The minimum Gasteiger partial charge on any atom is -0.485 e. The van der Waals surface area contributed by atoms with Crippen LogP contribution in [0, 0.1) is 0 Å². The van der Waals surface area contributed by atoms with Crippen LogP contribution >= 0.6 is 0 Å². The first-order valence-corrected chi connectivity index (χ1v) is 11.4. The molecule has 0 saturated heterocycles. The molecule has 8 nitrogen and oxygen atoms in total. The monoisotopic (exact) mass is 489 g/mol. The Morgan fingerprint density at radius 2 is 1.61 bits per heavy atom. The van der Waals surface area contributed by atoms with E-state index in [1.54, 1.807) is 24.3 Å². The van der Waals surface area contributed by atoms with Crippen molar-refractivity contribution in [3.05, 3.63) is 88.5 Å². The van der Waals surface area contributed by atoms with Crippen molar-refractivity contribution < 1.29 is 33.3 Å². The van der Waals surface area contributed by atoms with Crippen LogP contribution in [-0.2, 0) is 22.5 Å². The maximum absolute atomic E-state index is 12.9. The van der Waals surface area contributed by atoms with Gasteiger partial charge in [-0.1, -0.05) is 24.3 Å². The summed E-state index contributed by atoms with van der Waals surface area (Å²) in [6.07, 6.45) is 0.823. The van der Waals surface area contributed by atoms with E-state index in [9.17, 15) is 14.4 Å². The van der Waals surface area contributed by atoms with E-state index in [-0.39, 0.29) is 22.4 Å². The third-order valence-electron chi connectivity index (χ3n) is 5.76. The van der Waals surface area contributed by atoms with Crippen LogP contribution in [0.2, 0.25) is 0 Å². The molecule has 1 aliphatic rings. The topological polar surface area (TPSA) is 100 Å². The lowest BCUT2D eigenvalue weighted by Crippen LogP contribution is -2.24. The number of fused-ring (bicyclic) bond motifs is 1. The smallest absolute Gasteiger partial charge is 0.339 e. The van der Waals surface area contributed by atoms with Gasteiger partial charge in [-0.25, -0.2) is 9.59 Å². The molecule has 1 heterocycles. The summed E-state index contributed by atoms with van der Waals surface area (Å²) in [7, 11) is 2.48. The zero-order valence-corrected chi connectivity index (χ0v) is 20.5. The van der Waals surface area contributed by atoms with E-state index in [2.05, 4.69) is 5.32 Å².